The van der Waals surface area contributed by atoms with E-state index in [0.717, 1.165) is 23.4 Å². The molecule has 1 fully saturated rings. The number of aromatic nitrogens is 1. The molecule has 1 saturated heterocycles. The Labute approximate surface area is 182 Å². The maximum Gasteiger partial charge on any atom is 0.318 e. The minimum atomic E-state index is -0.635. The van der Waals surface area contributed by atoms with Gasteiger partial charge in [-0.1, -0.05) is 32.0 Å². The van der Waals surface area contributed by atoms with Crippen molar-refractivity contribution in [3.63, 3.8) is 0 Å². The van der Waals surface area contributed by atoms with Crippen LogP contribution in [0.2, 0.25) is 0 Å². The number of nitrogens with zero attached hydrogens (tertiary/aromatic N) is 2. The van der Waals surface area contributed by atoms with Crippen LogP contribution in [0.3, 0.4) is 0 Å². The van der Waals surface area contributed by atoms with Gasteiger partial charge in [-0.2, -0.15) is 0 Å². The number of hydrogen-bond acceptors (Lipinski definition) is 3. The fourth-order valence-electron chi connectivity index (χ4n) is 4.76. The number of urea groups is 1. The number of pyridine rings is 1. The predicted molar refractivity (Wildman–Crippen MR) is 120 cm³/mol. The SMILES string of the molecule is Cc1cccc(NC(=O)[C@@H](NC(=O)N2CC3C[C@H](C2)Cn2c3cccc2=O)C(C)C)c1. The molecule has 0 radical (unpaired) electrons. The number of carbonyl (C=O) groups excluding carboxylic acids is 2. The van der Waals surface area contributed by atoms with Crippen molar-refractivity contribution < 1.29 is 9.59 Å². The minimum Gasteiger partial charge on any atom is -0.326 e. The number of anilines is 1. The fraction of sp³-hybridized carbons (Fsp3) is 0.458. The first-order valence-electron chi connectivity index (χ1n) is 10.9. The van der Waals surface area contributed by atoms with Crippen LogP contribution in [0.25, 0.3) is 0 Å². The Hall–Kier alpha value is -3.09. The molecule has 0 spiro atoms. The summed E-state index contributed by atoms with van der Waals surface area (Å²) in [5.74, 6) is 0.113. The van der Waals surface area contributed by atoms with Gasteiger partial charge in [0, 0.05) is 43.0 Å². The summed E-state index contributed by atoms with van der Waals surface area (Å²) in [6.45, 7) is 7.60. The van der Waals surface area contributed by atoms with E-state index in [1.165, 1.54) is 0 Å². The Morgan fingerprint density at radius 1 is 1.06 bits per heavy atom. The molecule has 7 nitrogen and oxygen atoms in total. The number of aryl methyl sites for hydroxylation is 1. The molecule has 3 amide bonds. The molecule has 2 N–H and O–H groups in total. The number of piperidine rings is 1. The van der Waals surface area contributed by atoms with Crippen LogP contribution in [0, 0.1) is 18.8 Å². The molecule has 164 valence electrons. The van der Waals surface area contributed by atoms with Gasteiger partial charge in [0.15, 0.2) is 0 Å². The smallest absolute Gasteiger partial charge is 0.318 e. The second-order valence-corrected chi connectivity index (χ2v) is 9.13. The van der Waals surface area contributed by atoms with Crippen molar-refractivity contribution in [1.29, 1.82) is 0 Å². The molecule has 2 bridgehead atoms. The molecule has 2 aliphatic rings. The van der Waals surface area contributed by atoms with Gasteiger partial charge in [0.2, 0.25) is 5.91 Å². The van der Waals surface area contributed by atoms with Crippen molar-refractivity contribution in [2.45, 2.75) is 45.7 Å². The third-order valence-corrected chi connectivity index (χ3v) is 6.28. The van der Waals surface area contributed by atoms with Gasteiger partial charge in [0.25, 0.3) is 5.56 Å². The summed E-state index contributed by atoms with van der Waals surface area (Å²) in [4.78, 5) is 40.0. The van der Waals surface area contributed by atoms with Crippen LogP contribution in [0.15, 0.2) is 47.3 Å². The molecule has 1 aromatic heterocycles. The Morgan fingerprint density at radius 3 is 2.58 bits per heavy atom. The molecule has 3 heterocycles. The van der Waals surface area contributed by atoms with Crippen LogP contribution in [-0.4, -0.2) is 40.5 Å². The van der Waals surface area contributed by atoms with Crippen LogP contribution in [0.5, 0.6) is 0 Å². The number of fused-ring (bicyclic) bond motifs is 4. The topological polar surface area (TPSA) is 83.4 Å². The maximum absolute atomic E-state index is 13.1. The van der Waals surface area contributed by atoms with Crippen LogP contribution in [0.4, 0.5) is 10.5 Å². The molecule has 2 aromatic rings. The van der Waals surface area contributed by atoms with Gasteiger partial charge in [-0.05, 0) is 48.9 Å². The summed E-state index contributed by atoms with van der Waals surface area (Å²) in [6, 6.07) is 12.1. The van der Waals surface area contributed by atoms with E-state index in [9.17, 15) is 14.4 Å². The molecule has 1 aromatic carbocycles. The Kier molecular flexibility index (Phi) is 5.85. The summed E-state index contributed by atoms with van der Waals surface area (Å²) in [7, 11) is 0. The second kappa shape index (κ2) is 8.57. The van der Waals surface area contributed by atoms with Gasteiger partial charge in [-0.15, -0.1) is 0 Å². The van der Waals surface area contributed by atoms with Crippen LogP contribution < -0.4 is 16.2 Å². The first-order chi connectivity index (χ1) is 14.8. The molecule has 4 rings (SSSR count). The molecule has 3 atom stereocenters. The highest BCUT2D eigenvalue weighted by atomic mass is 16.2. The zero-order chi connectivity index (χ0) is 22.1. The lowest BCUT2D eigenvalue weighted by molar-refractivity contribution is -0.118. The summed E-state index contributed by atoms with van der Waals surface area (Å²) in [6.07, 6.45) is 0.981. The number of amides is 3. The molecular formula is C24H30N4O3. The monoisotopic (exact) mass is 422 g/mol. The van der Waals surface area contributed by atoms with E-state index < -0.39 is 6.04 Å². The van der Waals surface area contributed by atoms with Crippen molar-refractivity contribution in [1.82, 2.24) is 14.8 Å². The van der Waals surface area contributed by atoms with Gasteiger partial charge in [0.05, 0.1) is 0 Å². The fourth-order valence-corrected chi connectivity index (χ4v) is 4.76. The van der Waals surface area contributed by atoms with Crippen molar-refractivity contribution in [2.75, 3.05) is 18.4 Å². The predicted octanol–water partition coefficient (Wildman–Crippen LogP) is 2.95. The first kappa shape index (κ1) is 21.2. The molecular weight excluding hydrogens is 392 g/mol. The van der Waals surface area contributed by atoms with Gasteiger partial charge in [0.1, 0.15) is 6.04 Å². The minimum absolute atomic E-state index is 0.0257. The van der Waals surface area contributed by atoms with Gasteiger partial charge >= 0.3 is 6.03 Å². The van der Waals surface area contributed by atoms with E-state index >= 15 is 0 Å². The number of likely N-dealkylation sites (tertiary alicyclic amines) is 1. The summed E-state index contributed by atoms with van der Waals surface area (Å²) >= 11 is 0. The lowest BCUT2D eigenvalue weighted by Crippen LogP contribution is -2.56. The summed E-state index contributed by atoms with van der Waals surface area (Å²) < 4.78 is 1.85. The van der Waals surface area contributed by atoms with E-state index in [-0.39, 0.29) is 35.3 Å². The van der Waals surface area contributed by atoms with E-state index in [1.807, 2.05) is 55.7 Å². The Bertz CT molecular complexity index is 1050. The quantitative estimate of drug-likeness (QED) is 0.795. The lowest BCUT2D eigenvalue weighted by atomic mass is 9.83. The highest BCUT2D eigenvalue weighted by Gasteiger charge is 2.37. The molecule has 0 aliphatic carbocycles. The van der Waals surface area contributed by atoms with Crippen molar-refractivity contribution >= 4 is 17.6 Å². The highest BCUT2D eigenvalue weighted by molar-refractivity contribution is 5.97. The van der Waals surface area contributed by atoms with Gasteiger partial charge in [-0.25, -0.2) is 4.79 Å². The number of benzene rings is 1. The van der Waals surface area contributed by atoms with Crippen LogP contribution in [0.1, 0.15) is 37.4 Å². The number of carbonyl (C=O) groups is 2. The molecule has 1 unspecified atom stereocenters. The summed E-state index contributed by atoms with van der Waals surface area (Å²) in [5, 5.41) is 5.87. The second-order valence-electron chi connectivity index (χ2n) is 9.13. The number of hydrogen-bond donors (Lipinski definition) is 2. The van der Waals surface area contributed by atoms with E-state index in [0.29, 0.717) is 19.6 Å². The van der Waals surface area contributed by atoms with Crippen molar-refractivity contribution in [3.8, 4) is 0 Å². The third kappa shape index (κ3) is 4.50. The van der Waals surface area contributed by atoms with Crippen LogP contribution in [-0.2, 0) is 11.3 Å². The van der Waals surface area contributed by atoms with Crippen molar-refractivity contribution in [3.05, 3.63) is 64.1 Å². The maximum atomic E-state index is 13.1. The molecule has 7 heteroatoms. The first-order valence-corrected chi connectivity index (χ1v) is 10.9. The Balaban J connectivity index is 1.45. The molecule has 2 aliphatic heterocycles. The van der Waals surface area contributed by atoms with Gasteiger partial charge in [-0.3, -0.25) is 9.59 Å². The number of rotatable bonds is 4. The van der Waals surface area contributed by atoms with Crippen molar-refractivity contribution in [2.24, 2.45) is 11.8 Å². The summed E-state index contributed by atoms with van der Waals surface area (Å²) in [5.41, 5.74) is 2.80. The standard InChI is InChI=1S/C24H30N4O3/c1-15(2)22(23(30)25-19-7-4-6-16(3)10-19)26-24(31)27-12-17-11-18(14-27)20-8-5-9-21(29)28(20)13-17/h4-10,15,17-18,22H,11-14H2,1-3H3,(H,25,30)(H,26,31)/t17-,18?,22+/m1/s1. The van der Waals surface area contributed by atoms with E-state index in [1.54, 1.807) is 17.0 Å². The Morgan fingerprint density at radius 2 is 1.84 bits per heavy atom. The average Bonchev–Trinajstić information content (AvgIpc) is 2.72. The molecule has 31 heavy (non-hydrogen) atoms. The largest absolute Gasteiger partial charge is 0.326 e. The normalized spacial score (nSPS) is 20.7. The highest BCUT2D eigenvalue weighted by Crippen LogP contribution is 2.34. The lowest BCUT2D eigenvalue weighted by Gasteiger charge is -2.43. The molecule has 0 saturated carbocycles. The van der Waals surface area contributed by atoms with Gasteiger partial charge < -0.3 is 20.1 Å². The zero-order valence-corrected chi connectivity index (χ0v) is 18.3. The third-order valence-electron chi connectivity index (χ3n) is 6.28. The zero-order valence-electron chi connectivity index (χ0n) is 18.3. The number of nitrogens with one attached hydrogen (secondary N) is 2. The average molecular weight is 423 g/mol. The van der Waals surface area contributed by atoms with E-state index in [2.05, 4.69) is 10.6 Å². The van der Waals surface area contributed by atoms with E-state index in [4.69, 9.17) is 0 Å². The van der Waals surface area contributed by atoms with Crippen LogP contribution >= 0.6 is 0 Å².